The van der Waals surface area contributed by atoms with Gasteiger partial charge in [-0.2, -0.15) is 5.06 Å². The molecule has 20 heavy (non-hydrogen) atoms. The molecule has 5 nitrogen and oxygen atoms in total. The first-order valence-electron chi connectivity index (χ1n) is 6.98. The molecule has 0 unspecified atom stereocenters. The number of hydroxylamine groups is 2. The maximum atomic E-state index is 11.8. The van der Waals surface area contributed by atoms with Gasteiger partial charge in [0.1, 0.15) is 5.76 Å². The molecule has 0 atom stereocenters. The van der Waals surface area contributed by atoms with Gasteiger partial charge >= 0.3 is 5.97 Å². The van der Waals surface area contributed by atoms with Crippen molar-refractivity contribution in [2.45, 2.75) is 38.1 Å². The smallest absolute Gasteiger partial charge is 0.335 e. The minimum Gasteiger partial charge on any atom is -0.466 e. The molecule has 1 aromatic heterocycles. The van der Waals surface area contributed by atoms with Crippen LogP contribution in [0.1, 0.15) is 37.9 Å². The molecule has 5 heteroatoms. The lowest BCUT2D eigenvalue weighted by Gasteiger charge is -2.29. The fourth-order valence-electron chi connectivity index (χ4n) is 2.53. The second-order valence-electron chi connectivity index (χ2n) is 5.07. The van der Waals surface area contributed by atoms with Gasteiger partial charge in [0.15, 0.2) is 0 Å². The Hall–Kier alpha value is -1.59. The van der Waals surface area contributed by atoms with Crippen LogP contribution in [0, 0.1) is 0 Å². The average Bonchev–Trinajstić information content (AvgIpc) is 2.99. The van der Waals surface area contributed by atoms with Crippen LogP contribution in [-0.4, -0.2) is 35.9 Å². The van der Waals surface area contributed by atoms with Crippen LogP contribution in [0.25, 0.3) is 6.08 Å². The van der Waals surface area contributed by atoms with E-state index in [0.717, 1.165) is 25.7 Å². The summed E-state index contributed by atoms with van der Waals surface area (Å²) in [6.45, 7) is 0.151. The monoisotopic (exact) mass is 279 g/mol. The maximum Gasteiger partial charge on any atom is 0.335 e. The SMILES string of the molecule is COC(=O)/C(=C/c1ccco1)CN(O)C1CCCCC1. The Labute approximate surface area is 118 Å². The van der Waals surface area contributed by atoms with Crippen molar-refractivity contribution in [3.8, 4) is 0 Å². The van der Waals surface area contributed by atoms with Crippen LogP contribution < -0.4 is 0 Å². The Morgan fingerprint density at radius 2 is 2.25 bits per heavy atom. The van der Waals surface area contributed by atoms with Gasteiger partial charge in [0.05, 0.1) is 25.5 Å². The molecule has 1 heterocycles. The summed E-state index contributed by atoms with van der Waals surface area (Å²) in [6.07, 6.45) is 8.54. The highest BCUT2D eigenvalue weighted by Gasteiger charge is 2.23. The van der Waals surface area contributed by atoms with E-state index in [1.54, 1.807) is 24.5 Å². The minimum absolute atomic E-state index is 0.119. The molecule has 1 saturated carbocycles. The second kappa shape index (κ2) is 7.26. The first-order valence-corrected chi connectivity index (χ1v) is 6.98. The summed E-state index contributed by atoms with van der Waals surface area (Å²) in [5.41, 5.74) is 0.385. The number of nitrogens with zero attached hydrogens (tertiary/aromatic N) is 1. The summed E-state index contributed by atoms with van der Waals surface area (Å²) < 4.78 is 9.96. The van der Waals surface area contributed by atoms with Crippen molar-refractivity contribution in [3.63, 3.8) is 0 Å². The predicted octanol–water partition coefficient (Wildman–Crippen LogP) is 2.86. The average molecular weight is 279 g/mol. The fraction of sp³-hybridized carbons (Fsp3) is 0.533. The van der Waals surface area contributed by atoms with Crippen molar-refractivity contribution in [2.24, 2.45) is 0 Å². The van der Waals surface area contributed by atoms with Crippen LogP contribution >= 0.6 is 0 Å². The van der Waals surface area contributed by atoms with Gasteiger partial charge in [0.25, 0.3) is 0 Å². The van der Waals surface area contributed by atoms with E-state index in [-0.39, 0.29) is 12.6 Å². The first kappa shape index (κ1) is 14.8. The number of ether oxygens (including phenoxy) is 1. The molecule has 0 amide bonds. The van der Waals surface area contributed by atoms with E-state index in [9.17, 15) is 10.0 Å². The Kier molecular flexibility index (Phi) is 5.38. The maximum absolute atomic E-state index is 11.8. The van der Waals surface area contributed by atoms with E-state index < -0.39 is 5.97 Å². The van der Waals surface area contributed by atoms with Crippen LogP contribution in [0.3, 0.4) is 0 Å². The third-order valence-corrected chi connectivity index (χ3v) is 3.64. The van der Waals surface area contributed by atoms with Crippen molar-refractivity contribution >= 4 is 12.0 Å². The first-order chi connectivity index (χ1) is 9.70. The zero-order chi connectivity index (χ0) is 14.4. The molecule has 0 aliphatic heterocycles. The third-order valence-electron chi connectivity index (χ3n) is 3.64. The van der Waals surface area contributed by atoms with Crippen LogP contribution in [0.15, 0.2) is 28.4 Å². The zero-order valence-corrected chi connectivity index (χ0v) is 11.7. The van der Waals surface area contributed by atoms with Crippen molar-refractivity contribution in [1.29, 1.82) is 0 Å². The molecule has 1 aromatic rings. The number of rotatable bonds is 5. The molecule has 110 valence electrons. The number of hydrogen-bond acceptors (Lipinski definition) is 5. The highest BCUT2D eigenvalue weighted by atomic mass is 16.5. The highest BCUT2D eigenvalue weighted by Crippen LogP contribution is 2.22. The van der Waals surface area contributed by atoms with E-state index in [4.69, 9.17) is 9.15 Å². The number of carbonyl (C=O) groups is 1. The quantitative estimate of drug-likeness (QED) is 0.510. The summed E-state index contributed by atoms with van der Waals surface area (Å²) >= 11 is 0. The van der Waals surface area contributed by atoms with Gasteiger partial charge in [-0.05, 0) is 31.1 Å². The lowest BCUT2D eigenvalue weighted by atomic mass is 9.95. The zero-order valence-electron chi connectivity index (χ0n) is 11.7. The van der Waals surface area contributed by atoms with Gasteiger partial charge in [0.2, 0.25) is 0 Å². The van der Waals surface area contributed by atoms with E-state index in [0.29, 0.717) is 11.3 Å². The van der Waals surface area contributed by atoms with Gasteiger partial charge in [-0.3, -0.25) is 0 Å². The van der Waals surface area contributed by atoms with E-state index in [1.807, 2.05) is 0 Å². The number of hydrogen-bond donors (Lipinski definition) is 1. The van der Waals surface area contributed by atoms with Crippen molar-refractivity contribution in [1.82, 2.24) is 5.06 Å². The van der Waals surface area contributed by atoms with Gasteiger partial charge in [-0.15, -0.1) is 0 Å². The van der Waals surface area contributed by atoms with Gasteiger partial charge in [-0.25, -0.2) is 4.79 Å². The van der Waals surface area contributed by atoms with E-state index in [2.05, 4.69) is 0 Å². The summed E-state index contributed by atoms with van der Waals surface area (Å²) in [4.78, 5) is 11.8. The Balaban J connectivity index is 2.05. The predicted molar refractivity (Wildman–Crippen MR) is 74.1 cm³/mol. The van der Waals surface area contributed by atoms with Gasteiger partial charge < -0.3 is 14.4 Å². The Morgan fingerprint density at radius 1 is 1.50 bits per heavy atom. The largest absolute Gasteiger partial charge is 0.466 e. The molecule has 1 aliphatic carbocycles. The molecule has 0 spiro atoms. The molecule has 0 saturated heterocycles. The topological polar surface area (TPSA) is 62.9 Å². The molecule has 0 bridgehead atoms. The number of carbonyl (C=O) groups excluding carboxylic acids is 1. The summed E-state index contributed by atoms with van der Waals surface area (Å²) in [6, 6.07) is 3.62. The third kappa shape index (κ3) is 3.95. The molecular weight excluding hydrogens is 258 g/mol. The lowest BCUT2D eigenvalue weighted by Crippen LogP contribution is -2.36. The Bertz CT molecular complexity index is 446. The molecule has 0 aromatic carbocycles. The van der Waals surface area contributed by atoms with E-state index >= 15 is 0 Å². The molecular formula is C15H21NO4. The number of furan rings is 1. The Morgan fingerprint density at radius 3 is 2.85 bits per heavy atom. The second-order valence-corrected chi connectivity index (χ2v) is 5.07. The molecule has 0 radical (unpaired) electrons. The lowest BCUT2D eigenvalue weighted by molar-refractivity contribution is -0.144. The van der Waals surface area contributed by atoms with Crippen LogP contribution in [-0.2, 0) is 9.53 Å². The molecule has 1 fully saturated rings. The number of methoxy groups -OCH3 is 1. The molecule has 2 rings (SSSR count). The molecule has 1 N–H and O–H groups in total. The van der Waals surface area contributed by atoms with Gasteiger partial charge in [0, 0.05) is 6.04 Å². The van der Waals surface area contributed by atoms with Crippen molar-refractivity contribution < 1.29 is 19.2 Å². The standard InChI is InChI=1S/C15H21NO4/c1-19-15(17)12(10-14-8-5-9-20-14)11-16(18)13-6-3-2-4-7-13/h5,8-10,13,18H,2-4,6-7,11H2,1H3/b12-10+. The van der Waals surface area contributed by atoms with E-state index in [1.165, 1.54) is 18.6 Å². The normalized spacial score (nSPS) is 17.4. The van der Waals surface area contributed by atoms with Crippen molar-refractivity contribution in [2.75, 3.05) is 13.7 Å². The minimum atomic E-state index is -0.448. The summed E-state index contributed by atoms with van der Waals surface area (Å²) in [7, 11) is 1.33. The summed E-state index contributed by atoms with van der Waals surface area (Å²) in [5.74, 6) is 0.124. The van der Waals surface area contributed by atoms with Crippen LogP contribution in [0.5, 0.6) is 0 Å². The van der Waals surface area contributed by atoms with Crippen LogP contribution in [0.4, 0.5) is 0 Å². The highest BCUT2D eigenvalue weighted by molar-refractivity contribution is 5.93. The molecule has 1 aliphatic rings. The van der Waals surface area contributed by atoms with Crippen molar-refractivity contribution in [3.05, 3.63) is 29.7 Å². The fourth-order valence-corrected chi connectivity index (χ4v) is 2.53. The summed E-state index contributed by atoms with van der Waals surface area (Å²) in [5, 5.41) is 11.4. The number of esters is 1. The van der Waals surface area contributed by atoms with Crippen LogP contribution in [0.2, 0.25) is 0 Å². The van der Waals surface area contributed by atoms with Gasteiger partial charge in [-0.1, -0.05) is 19.3 Å².